The lowest BCUT2D eigenvalue weighted by Crippen LogP contribution is -2.29. The zero-order valence-corrected chi connectivity index (χ0v) is 11.9. The van der Waals surface area contributed by atoms with Gasteiger partial charge in [0.05, 0.1) is 16.2 Å². The summed E-state index contributed by atoms with van der Waals surface area (Å²) in [6.45, 7) is 3.85. The molecule has 1 rings (SSSR count). The molecule has 1 aromatic rings. The molecule has 0 aliphatic heterocycles. The molecular weight excluding hydrogens is 287 g/mol. The van der Waals surface area contributed by atoms with Gasteiger partial charge in [0, 0.05) is 13.5 Å². The van der Waals surface area contributed by atoms with E-state index in [2.05, 4.69) is 15.9 Å². The van der Waals surface area contributed by atoms with Crippen LogP contribution in [0.3, 0.4) is 0 Å². The molecule has 0 radical (unpaired) electrons. The molecule has 0 spiro atoms. The molecule has 1 aromatic carbocycles. The van der Waals surface area contributed by atoms with Crippen molar-refractivity contribution in [3.63, 3.8) is 0 Å². The molecule has 4 heteroatoms. The molecule has 1 atom stereocenters. The van der Waals surface area contributed by atoms with E-state index < -0.39 is 6.10 Å². The van der Waals surface area contributed by atoms with E-state index in [1.807, 2.05) is 13.8 Å². The van der Waals surface area contributed by atoms with Crippen LogP contribution in [0.15, 0.2) is 22.7 Å². The number of aliphatic hydroxyl groups is 1. The minimum atomic E-state index is -0.498. The molecule has 0 bridgehead atoms. The maximum Gasteiger partial charge on any atom is 0.137 e. The Morgan fingerprint density at radius 2 is 2.12 bits per heavy atom. The van der Waals surface area contributed by atoms with Crippen molar-refractivity contribution >= 4 is 15.9 Å². The Morgan fingerprint density at radius 3 is 2.65 bits per heavy atom. The summed E-state index contributed by atoms with van der Waals surface area (Å²) in [5.74, 6) is -0.291. The van der Waals surface area contributed by atoms with Crippen molar-refractivity contribution < 1.29 is 14.2 Å². The molecule has 0 saturated heterocycles. The predicted molar refractivity (Wildman–Crippen MR) is 69.5 cm³/mol. The van der Waals surface area contributed by atoms with Gasteiger partial charge in [-0.3, -0.25) is 0 Å². The molecule has 0 aliphatic rings. The number of halogens is 2. The highest BCUT2D eigenvalue weighted by molar-refractivity contribution is 9.10. The van der Waals surface area contributed by atoms with Gasteiger partial charge in [-0.2, -0.15) is 0 Å². The van der Waals surface area contributed by atoms with Gasteiger partial charge in [-0.1, -0.05) is 6.07 Å². The van der Waals surface area contributed by atoms with Crippen molar-refractivity contribution in [3.05, 3.63) is 34.1 Å². The lowest BCUT2D eigenvalue weighted by Gasteiger charge is -2.25. The van der Waals surface area contributed by atoms with Gasteiger partial charge in [0.25, 0.3) is 0 Å². The topological polar surface area (TPSA) is 29.5 Å². The standard InChI is InChI=1S/C13H18BrFO2/c1-13(2,17-3)8-10(16)6-9-4-5-12(15)11(14)7-9/h4-5,7,10,16H,6,8H2,1-3H3. The number of ether oxygens (including phenoxy) is 1. The minimum Gasteiger partial charge on any atom is -0.393 e. The normalized spacial score (nSPS) is 13.8. The van der Waals surface area contributed by atoms with Crippen LogP contribution in [-0.2, 0) is 11.2 Å². The molecule has 1 unspecified atom stereocenters. The smallest absolute Gasteiger partial charge is 0.137 e. The van der Waals surface area contributed by atoms with E-state index in [4.69, 9.17) is 4.74 Å². The predicted octanol–water partition coefficient (Wildman–Crippen LogP) is 3.31. The molecule has 0 heterocycles. The third-order valence-electron chi connectivity index (χ3n) is 2.74. The molecule has 2 nitrogen and oxygen atoms in total. The van der Waals surface area contributed by atoms with Gasteiger partial charge in [-0.05, 0) is 53.9 Å². The van der Waals surface area contributed by atoms with Crippen LogP contribution >= 0.6 is 15.9 Å². The van der Waals surface area contributed by atoms with Gasteiger partial charge in [0.15, 0.2) is 0 Å². The van der Waals surface area contributed by atoms with E-state index in [9.17, 15) is 9.50 Å². The molecule has 96 valence electrons. The fourth-order valence-corrected chi connectivity index (χ4v) is 2.09. The van der Waals surface area contributed by atoms with Crippen molar-refractivity contribution in [1.29, 1.82) is 0 Å². The Kier molecular flexibility index (Phi) is 5.10. The first-order valence-electron chi connectivity index (χ1n) is 5.51. The third kappa shape index (κ3) is 4.74. The maximum atomic E-state index is 13.0. The second-order valence-corrected chi connectivity index (χ2v) is 5.63. The van der Waals surface area contributed by atoms with Crippen LogP contribution in [-0.4, -0.2) is 23.9 Å². The SMILES string of the molecule is COC(C)(C)CC(O)Cc1ccc(F)c(Br)c1. The zero-order chi connectivity index (χ0) is 13.1. The fourth-order valence-electron chi connectivity index (χ4n) is 1.66. The third-order valence-corrected chi connectivity index (χ3v) is 3.34. The average Bonchev–Trinajstić information content (AvgIpc) is 2.23. The van der Waals surface area contributed by atoms with Crippen molar-refractivity contribution in [2.45, 2.75) is 38.4 Å². The number of aliphatic hydroxyl groups excluding tert-OH is 1. The number of hydrogen-bond donors (Lipinski definition) is 1. The quantitative estimate of drug-likeness (QED) is 0.904. The second-order valence-electron chi connectivity index (χ2n) is 4.77. The Bertz CT molecular complexity index is 380. The fraction of sp³-hybridized carbons (Fsp3) is 0.538. The summed E-state index contributed by atoms with van der Waals surface area (Å²) in [5, 5.41) is 9.94. The summed E-state index contributed by atoms with van der Waals surface area (Å²) >= 11 is 3.13. The summed E-state index contributed by atoms with van der Waals surface area (Å²) in [5.41, 5.74) is 0.550. The highest BCUT2D eigenvalue weighted by atomic mass is 79.9. The van der Waals surface area contributed by atoms with E-state index in [-0.39, 0.29) is 11.4 Å². The van der Waals surface area contributed by atoms with Gasteiger partial charge in [-0.25, -0.2) is 4.39 Å². The summed E-state index contributed by atoms with van der Waals surface area (Å²) in [6, 6.07) is 4.77. The monoisotopic (exact) mass is 304 g/mol. The molecular formula is C13H18BrFO2. The zero-order valence-electron chi connectivity index (χ0n) is 10.3. The lowest BCUT2D eigenvalue weighted by molar-refractivity contribution is -0.0190. The molecule has 0 saturated carbocycles. The van der Waals surface area contributed by atoms with Crippen molar-refractivity contribution in [1.82, 2.24) is 0 Å². The van der Waals surface area contributed by atoms with Gasteiger partial charge >= 0.3 is 0 Å². The van der Waals surface area contributed by atoms with Gasteiger partial charge in [0.1, 0.15) is 5.82 Å². The molecule has 0 fully saturated rings. The number of methoxy groups -OCH3 is 1. The highest BCUT2D eigenvalue weighted by Crippen LogP contribution is 2.21. The van der Waals surface area contributed by atoms with Crippen LogP contribution in [0.4, 0.5) is 4.39 Å². The lowest BCUT2D eigenvalue weighted by atomic mass is 9.96. The summed E-state index contributed by atoms with van der Waals surface area (Å²) in [4.78, 5) is 0. The van der Waals surface area contributed by atoms with E-state index >= 15 is 0 Å². The molecule has 0 aromatic heterocycles. The number of rotatable bonds is 5. The van der Waals surface area contributed by atoms with Crippen LogP contribution in [0, 0.1) is 5.82 Å². The van der Waals surface area contributed by atoms with E-state index in [1.54, 1.807) is 19.2 Å². The first kappa shape index (κ1) is 14.6. The molecule has 1 N–H and O–H groups in total. The summed E-state index contributed by atoms with van der Waals surface area (Å²) in [6.07, 6.45) is 0.534. The molecule has 17 heavy (non-hydrogen) atoms. The van der Waals surface area contributed by atoms with Crippen molar-refractivity contribution in [2.75, 3.05) is 7.11 Å². The van der Waals surface area contributed by atoms with Gasteiger partial charge in [0.2, 0.25) is 0 Å². The van der Waals surface area contributed by atoms with Gasteiger partial charge in [-0.15, -0.1) is 0 Å². The molecule has 0 amide bonds. The van der Waals surface area contributed by atoms with E-state index in [1.165, 1.54) is 6.07 Å². The maximum absolute atomic E-state index is 13.0. The van der Waals surface area contributed by atoms with Crippen LogP contribution in [0.25, 0.3) is 0 Å². The minimum absolute atomic E-state index is 0.291. The Hall–Kier alpha value is -0.450. The first-order valence-corrected chi connectivity index (χ1v) is 6.30. The Morgan fingerprint density at radius 1 is 1.47 bits per heavy atom. The van der Waals surface area contributed by atoms with E-state index in [0.717, 1.165) is 5.56 Å². The van der Waals surface area contributed by atoms with Crippen LogP contribution in [0.5, 0.6) is 0 Å². The van der Waals surface area contributed by atoms with Crippen LogP contribution < -0.4 is 0 Å². The Balaban J connectivity index is 2.62. The number of hydrogen-bond acceptors (Lipinski definition) is 2. The van der Waals surface area contributed by atoms with Crippen molar-refractivity contribution in [2.24, 2.45) is 0 Å². The van der Waals surface area contributed by atoms with Crippen LogP contribution in [0.2, 0.25) is 0 Å². The second kappa shape index (κ2) is 5.94. The largest absolute Gasteiger partial charge is 0.393 e. The summed E-state index contributed by atoms with van der Waals surface area (Å²) in [7, 11) is 1.63. The average molecular weight is 305 g/mol. The van der Waals surface area contributed by atoms with Gasteiger partial charge < -0.3 is 9.84 Å². The summed E-state index contributed by atoms with van der Waals surface area (Å²) < 4.78 is 18.7. The van der Waals surface area contributed by atoms with Crippen LogP contribution in [0.1, 0.15) is 25.8 Å². The molecule has 0 aliphatic carbocycles. The highest BCUT2D eigenvalue weighted by Gasteiger charge is 2.21. The number of benzene rings is 1. The first-order chi connectivity index (χ1) is 7.84. The van der Waals surface area contributed by atoms with Crippen molar-refractivity contribution in [3.8, 4) is 0 Å². The van der Waals surface area contributed by atoms with E-state index in [0.29, 0.717) is 17.3 Å². The Labute approximate surface area is 110 Å².